The average Bonchev–Trinajstić information content (AvgIpc) is 2.46. The van der Waals surface area contributed by atoms with Crippen molar-refractivity contribution in [2.45, 2.75) is 44.3 Å². The molecule has 0 saturated heterocycles. The molecule has 0 amide bonds. The fourth-order valence-corrected chi connectivity index (χ4v) is 2.36. The maximum Gasteiger partial charge on any atom is 0.155 e. The summed E-state index contributed by atoms with van der Waals surface area (Å²) in [5, 5.41) is 0. The number of hydrogen-bond donors (Lipinski definition) is 0. The predicted octanol–water partition coefficient (Wildman–Crippen LogP) is 3.30. The number of benzene rings is 1. The van der Waals surface area contributed by atoms with Crippen molar-refractivity contribution in [1.29, 1.82) is 0 Å². The zero-order valence-electron chi connectivity index (χ0n) is 9.08. The first-order valence-electron chi connectivity index (χ1n) is 5.95. The molecular weight excluding hydrogens is 186 g/mol. The maximum absolute atomic E-state index is 13.0. The van der Waals surface area contributed by atoms with Gasteiger partial charge in [-0.15, -0.1) is 0 Å². The van der Waals surface area contributed by atoms with Crippen molar-refractivity contribution < 1.29 is 4.39 Å². The lowest BCUT2D eigenvalue weighted by molar-refractivity contribution is 0.628. The van der Waals surface area contributed by atoms with Gasteiger partial charge in [-0.1, -0.05) is 61.9 Å². The number of halogens is 1. The van der Waals surface area contributed by atoms with Gasteiger partial charge < -0.3 is 0 Å². The molecule has 2 heteroatoms. The lowest BCUT2D eigenvalue weighted by Crippen LogP contribution is -2.19. The van der Waals surface area contributed by atoms with Crippen LogP contribution in [0.4, 0.5) is 4.39 Å². The van der Waals surface area contributed by atoms with E-state index in [0.29, 0.717) is 5.82 Å². The molecule has 15 heavy (non-hydrogen) atoms. The Morgan fingerprint density at radius 1 is 1.07 bits per heavy atom. The van der Waals surface area contributed by atoms with Gasteiger partial charge in [0.1, 0.15) is 5.82 Å². The molecule has 0 spiro atoms. The summed E-state index contributed by atoms with van der Waals surface area (Å²) in [6.45, 7) is 0. The van der Waals surface area contributed by atoms with Crippen LogP contribution in [0.25, 0.3) is 0 Å². The van der Waals surface area contributed by atoms with E-state index in [1.54, 1.807) is 12.1 Å². The van der Waals surface area contributed by atoms with Crippen LogP contribution in [0.5, 0.6) is 0 Å². The minimum atomic E-state index is -0.127. The Bertz CT molecular complexity index is 303. The third kappa shape index (κ3) is 3.37. The molecule has 1 aromatic carbocycles. The van der Waals surface area contributed by atoms with Gasteiger partial charge in [-0.25, -0.2) is 4.39 Å². The van der Waals surface area contributed by atoms with Gasteiger partial charge in [0.15, 0.2) is 7.28 Å². The van der Waals surface area contributed by atoms with Crippen molar-refractivity contribution in [3.05, 3.63) is 30.1 Å². The first-order valence-corrected chi connectivity index (χ1v) is 5.95. The van der Waals surface area contributed by atoms with Crippen molar-refractivity contribution in [3.63, 3.8) is 0 Å². The molecule has 1 radical (unpaired) electrons. The van der Waals surface area contributed by atoms with E-state index < -0.39 is 0 Å². The van der Waals surface area contributed by atoms with E-state index in [1.807, 2.05) is 6.07 Å². The van der Waals surface area contributed by atoms with E-state index in [1.165, 1.54) is 44.6 Å². The van der Waals surface area contributed by atoms with Gasteiger partial charge in [0, 0.05) is 0 Å². The van der Waals surface area contributed by atoms with Crippen LogP contribution in [0.2, 0.25) is 5.82 Å². The topological polar surface area (TPSA) is 0 Å². The van der Waals surface area contributed by atoms with Crippen LogP contribution in [-0.2, 0) is 0 Å². The van der Waals surface area contributed by atoms with Crippen molar-refractivity contribution >= 4 is 12.7 Å². The number of rotatable bonds is 2. The Kier molecular flexibility index (Phi) is 3.82. The highest BCUT2D eigenvalue weighted by atomic mass is 19.1. The first-order chi connectivity index (χ1) is 7.34. The molecule has 1 aliphatic rings. The quantitative estimate of drug-likeness (QED) is 0.511. The lowest BCUT2D eigenvalue weighted by Gasteiger charge is -2.12. The second kappa shape index (κ2) is 5.34. The molecule has 0 heterocycles. The van der Waals surface area contributed by atoms with Crippen LogP contribution in [0.15, 0.2) is 24.3 Å². The second-order valence-corrected chi connectivity index (χ2v) is 4.47. The molecule has 0 atom stereocenters. The summed E-state index contributed by atoms with van der Waals surface area (Å²) in [6, 6.07) is 6.92. The van der Waals surface area contributed by atoms with Gasteiger partial charge in [0.2, 0.25) is 0 Å². The molecule has 1 fully saturated rings. The predicted molar refractivity (Wildman–Crippen MR) is 63.2 cm³/mol. The highest BCUT2D eigenvalue weighted by Gasteiger charge is 2.14. The van der Waals surface area contributed by atoms with Gasteiger partial charge in [-0.3, -0.25) is 0 Å². The van der Waals surface area contributed by atoms with Crippen LogP contribution in [-0.4, -0.2) is 7.28 Å². The summed E-state index contributed by atoms with van der Waals surface area (Å²) in [7, 11) is 2.24. The monoisotopic (exact) mass is 203 g/mol. The Morgan fingerprint density at radius 3 is 2.47 bits per heavy atom. The van der Waals surface area contributed by atoms with E-state index in [-0.39, 0.29) is 5.82 Å². The smallest absolute Gasteiger partial charge is 0.155 e. The van der Waals surface area contributed by atoms with Gasteiger partial charge in [0.05, 0.1) is 0 Å². The van der Waals surface area contributed by atoms with Gasteiger partial charge in [-0.05, 0) is 12.1 Å². The molecule has 1 aromatic rings. The average molecular weight is 203 g/mol. The summed E-state index contributed by atoms with van der Waals surface area (Å²) >= 11 is 0. The third-order valence-electron chi connectivity index (χ3n) is 3.18. The van der Waals surface area contributed by atoms with Crippen molar-refractivity contribution in [3.8, 4) is 0 Å². The van der Waals surface area contributed by atoms with Crippen LogP contribution in [0, 0.1) is 5.82 Å². The van der Waals surface area contributed by atoms with E-state index in [9.17, 15) is 4.39 Å². The van der Waals surface area contributed by atoms with Crippen LogP contribution in [0.1, 0.15) is 38.5 Å². The van der Waals surface area contributed by atoms with Gasteiger partial charge >= 0.3 is 0 Å². The molecule has 0 nitrogen and oxygen atoms in total. The lowest BCUT2D eigenvalue weighted by atomic mass is 9.56. The molecule has 0 aromatic heterocycles. The molecule has 1 saturated carbocycles. The number of hydrogen-bond acceptors (Lipinski definition) is 0. The molecule has 0 N–H and O–H groups in total. The summed E-state index contributed by atoms with van der Waals surface area (Å²) in [6.07, 6.45) is 7.95. The zero-order chi connectivity index (χ0) is 10.5. The Morgan fingerprint density at radius 2 is 1.80 bits per heavy atom. The molecule has 0 bridgehead atoms. The highest BCUT2D eigenvalue weighted by molar-refractivity contribution is 6.54. The molecule has 79 valence electrons. The van der Waals surface area contributed by atoms with E-state index in [4.69, 9.17) is 0 Å². The van der Waals surface area contributed by atoms with E-state index >= 15 is 0 Å². The van der Waals surface area contributed by atoms with E-state index in [2.05, 4.69) is 7.28 Å². The standard InChI is InChI=1S/C13H17BF/c15-13-9-5-8-12(10-13)14-11-6-3-1-2-4-7-11/h5,8-11H,1-4,6-7H2. The van der Waals surface area contributed by atoms with Crippen molar-refractivity contribution in [1.82, 2.24) is 0 Å². The second-order valence-electron chi connectivity index (χ2n) is 4.47. The van der Waals surface area contributed by atoms with Crippen molar-refractivity contribution in [2.75, 3.05) is 0 Å². The Balaban J connectivity index is 1.95. The van der Waals surface area contributed by atoms with Gasteiger partial charge in [-0.2, -0.15) is 0 Å². The molecular formula is C13H17BF. The maximum atomic E-state index is 13.0. The fraction of sp³-hybridized carbons (Fsp3) is 0.538. The molecule has 1 aliphatic carbocycles. The van der Waals surface area contributed by atoms with E-state index in [0.717, 1.165) is 5.46 Å². The fourth-order valence-electron chi connectivity index (χ4n) is 2.36. The zero-order valence-corrected chi connectivity index (χ0v) is 9.08. The minimum Gasteiger partial charge on any atom is -0.207 e. The summed E-state index contributed by atoms with van der Waals surface area (Å²) in [4.78, 5) is 0. The SMILES string of the molecule is Fc1cccc([B]C2CCCCCC2)c1. The minimum absolute atomic E-state index is 0.127. The van der Waals surface area contributed by atoms with Crippen molar-refractivity contribution in [2.24, 2.45) is 0 Å². The normalized spacial score (nSPS) is 18.5. The summed E-state index contributed by atoms with van der Waals surface area (Å²) in [5.41, 5.74) is 1.04. The first kappa shape index (κ1) is 10.7. The van der Waals surface area contributed by atoms with Crippen LogP contribution >= 0.6 is 0 Å². The molecule has 0 aliphatic heterocycles. The molecule has 2 rings (SSSR count). The molecule has 0 unspecified atom stereocenters. The Hall–Kier alpha value is -0.785. The third-order valence-corrected chi connectivity index (χ3v) is 3.18. The van der Waals surface area contributed by atoms with Crippen LogP contribution in [0.3, 0.4) is 0 Å². The summed E-state index contributed by atoms with van der Waals surface area (Å²) < 4.78 is 13.0. The Labute approximate surface area is 92.1 Å². The van der Waals surface area contributed by atoms with Crippen LogP contribution < -0.4 is 5.46 Å². The van der Waals surface area contributed by atoms with Gasteiger partial charge in [0.25, 0.3) is 0 Å². The summed E-state index contributed by atoms with van der Waals surface area (Å²) in [5.74, 6) is 0.534. The highest BCUT2D eigenvalue weighted by Crippen LogP contribution is 2.26. The largest absolute Gasteiger partial charge is 0.207 e.